The van der Waals surface area contributed by atoms with Crippen molar-refractivity contribution < 1.29 is 14.8 Å². The Morgan fingerprint density at radius 2 is 2.00 bits per heavy atom. The Morgan fingerprint density at radius 1 is 1.44 bits per heavy atom. The van der Waals surface area contributed by atoms with Gasteiger partial charge in [0.1, 0.15) is 0 Å². The number of hydrogen-bond donors (Lipinski definition) is 3. The SMILES string of the molecule is CC(O)(NNC(=O)c1ccccc1)[N+](=O)[O-]. The standard InChI is InChI=1S/C9H11N3O4/c1-9(14,12(15)16)11-10-8(13)7-5-3-2-4-6-7/h2-6,11,14H,1H3,(H,10,13). The third-order valence-corrected chi connectivity index (χ3v) is 1.80. The third kappa shape index (κ3) is 3.01. The van der Waals surface area contributed by atoms with E-state index < -0.39 is 16.7 Å². The fourth-order valence-electron chi connectivity index (χ4n) is 0.883. The molecule has 1 aromatic rings. The van der Waals surface area contributed by atoms with Crippen LogP contribution in [0.25, 0.3) is 0 Å². The molecule has 1 atom stereocenters. The normalized spacial score (nSPS) is 13.9. The first-order chi connectivity index (χ1) is 7.43. The molecule has 1 rings (SSSR count). The topological polar surface area (TPSA) is 104 Å². The van der Waals surface area contributed by atoms with Crippen molar-refractivity contribution >= 4 is 5.91 Å². The molecule has 0 saturated carbocycles. The molecule has 1 amide bonds. The summed E-state index contributed by atoms with van der Waals surface area (Å²) in [4.78, 5) is 20.8. The maximum atomic E-state index is 11.4. The number of nitrogens with one attached hydrogen (secondary N) is 2. The molecular weight excluding hydrogens is 214 g/mol. The molecular formula is C9H11N3O4. The van der Waals surface area contributed by atoms with Gasteiger partial charge < -0.3 is 5.11 Å². The Labute approximate surface area is 91.2 Å². The van der Waals surface area contributed by atoms with Crippen LogP contribution >= 0.6 is 0 Å². The lowest BCUT2D eigenvalue weighted by Crippen LogP contribution is -2.57. The molecule has 0 fully saturated rings. The molecule has 0 heterocycles. The molecule has 16 heavy (non-hydrogen) atoms. The van der Waals surface area contributed by atoms with E-state index in [1.54, 1.807) is 18.2 Å². The number of amides is 1. The van der Waals surface area contributed by atoms with E-state index in [1.165, 1.54) is 12.1 Å². The van der Waals surface area contributed by atoms with E-state index in [-0.39, 0.29) is 0 Å². The molecule has 0 aliphatic heterocycles. The van der Waals surface area contributed by atoms with Crippen LogP contribution in [0.2, 0.25) is 0 Å². The average molecular weight is 225 g/mol. The van der Waals surface area contributed by atoms with E-state index in [9.17, 15) is 14.9 Å². The molecule has 0 bridgehead atoms. The van der Waals surface area contributed by atoms with Crippen LogP contribution in [0.4, 0.5) is 0 Å². The smallest absolute Gasteiger partial charge is 0.316 e. The van der Waals surface area contributed by atoms with Crippen LogP contribution < -0.4 is 10.9 Å². The summed E-state index contributed by atoms with van der Waals surface area (Å²) in [6, 6.07) is 8.12. The van der Waals surface area contributed by atoms with E-state index in [4.69, 9.17) is 5.11 Å². The molecule has 86 valence electrons. The first-order valence-corrected chi connectivity index (χ1v) is 4.43. The van der Waals surface area contributed by atoms with Crippen LogP contribution in [0.15, 0.2) is 30.3 Å². The highest BCUT2D eigenvalue weighted by Crippen LogP contribution is 1.99. The monoisotopic (exact) mass is 225 g/mol. The van der Waals surface area contributed by atoms with Crippen molar-refractivity contribution in [2.45, 2.75) is 12.8 Å². The summed E-state index contributed by atoms with van der Waals surface area (Å²) in [5, 5.41) is 19.5. The van der Waals surface area contributed by atoms with Crippen LogP contribution in [0.5, 0.6) is 0 Å². The van der Waals surface area contributed by atoms with Crippen LogP contribution in [-0.4, -0.2) is 21.8 Å². The number of carbonyl (C=O) groups is 1. The zero-order valence-electron chi connectivity index (χ0n) is 8.51. The van der Waals surface area contributed by atoms with Crippen LogP contribution in [0.1, 0.15) is 17.3 Å². The molecule has 1 aromatic carbocycles. The van der Waals surface area contributed by atoms with Crippen molar-refractivity contribution in [2.75, 3.05) is 0 Å². The van der Waals surface area contributed by atoms with E-state index in [2.05, 4.69) is 0 Å². The van der Waals surface area contributed by atoms with Crippen molar-refractivity contribution in [1.82, 2.24) is 10.9 Å². The summed E-state index contributed by atoms with van der Waals surface area (Å²) < 4.78 is 0. The van der Waals surface area contributed by atoms with Crippen LogP contribution in [-0.2, 0) is 0 Å². The Morgan fingerprint density at radius 3 is 2.50 bits per heavy atom. The van der Waals surface area contributed by atoms with Gasteiger partial charge in [0.15, 0.2) is 0 Å². The fourth-order valence-corrected chi connectivity index (χ4v) is 0.883. The average Bonchev–Trinajstić information content (AvgIpc) is 2.27. The van der Waals surface area contributed by atoms with Gasteiger partial charge in [-0.15, -0.1) is 5.43 Å². The molecule has 0 aromatic heterocycles. The molecule has 0 radical (unpaired) electrons. The number of hydrazine groups is 1. The van der Waals surface area contributed by atoms with Crippen molar-refractivity contribution in [2.24, 2.45) is 0 Å². The summed E-state index contributed by atoms with van der Waals surface area (Å²) in [5.74, 6) is -2.97. The van der Waals surface area contributed by atoms with Crippen molar-refractivity contribution in [3.63, 3.8) is 0 Å². The number of rotatable bonds is 4. The highest BCUT2D eigenvalue weighted by Gasteiger charge is 2.34. The van der Waals surface area contributed by atoms with Gasteiger partial charge in [0.25, 0.3) is 5.91 Å². The molecule has 0 aliphatic rings. The maximum absolute atomic E-state index is 11.4. The molecule has 1 unspecified atom stereocenters. The van der Waals surface area contributed by atoms with Gasteiger partial charge in [0.05, 0.1) is 11.8 Å². The van der Waals surface area contributed by atoms with Gasteiger partial charge >= 0.3 is 5.85 Å². The minimum Gasteiger partial charge on any atom is -0.316 e. The lowest BCUT2D eigenvalue weighted by Gasteiger charge is -2.15. The Balaban J connectivity index is 2.58. The highest BCUT2D eigenvalue weighted by atomic mass is 16.7. The fraction of sp³-hybridized carbons (Fsp3) is 0.222. The number of aliphatic hydroxyl groups is 1. The molecule has 0 aliphatic carbocycles. The summed E-state index contributed by atoms with van der Waals surface area (Å²) in [7, 11) is 0. The lowest BCUT2D eigenvalue weighted by molar-refractivity contribution is -0.629. The number of nitro groups is 1. The number of hydrogen-bond acceptors (Lipinski definition) is 5. The predicted molar refractivity (Wildman–Crippen MR) is 54.7 cm³/mol. The Bertz CT molecular complexity index is 391. The molecule has 0 spiro atoms. The Hall–Kier alpha value is -1.99. The summed E-state index contributed by atoms with van der Waals surface area (Å²) in [6.07, 6.45) is 0. The quantitative estimate of drug-likeness (QED) is 0.376. The minimum absolute atomic E-state index is 0.328. The van der Waals surface area contributed by atoms with Crippen molar-refractivity contribution in [1.29, 1.82) is 0 Å². The second-order valence-corrected chi connectivity index (χ2v) is 3.22. The second kappa shape index (κ2) is 4.69. The summed E-state index contributed by atoms with van der Waals surface area (Å²) >= 11 is 0. The lowest BCUT2D eigenvalue weighted by atomic mass is 10.2. The van der Waals surface area contributed by atoms with Gasteiger partial charge in [0, 0.05) is 5.56 Å². The number of carbonyl (C=O) groups excluding carboxylic acids is 1. The van der Waals surface area contributed by atoms with E-state index in [0.717, 1.165) is 6.92 Å². The molecule has 7 heteroatoms. The van der Waals surface area contributed by atoms with Gasteiger partial charge in [-0.05, 0) is 12.1 Å². The van der Waals surface area contributed by atoms with Crippen LogP contribution in [0, 0.1) is 10.1 Å². The number of nitrogens with zero attached hydrogens (tertiary/aromatic N) is 1. The highest BCUT2D eigenvalue weighted by molar-refractivity contribution is 5.93. The molecule has 3 N–H and O–H groups in total. The second-order valence-electron chi connectivity index (χ2n) is 3.22. The van der Waals surface area contributed by atoms with Gasteiger partial charge in [0.2, 0.25) is 0 Å². The van der Waals surface area contributed by atoms with Gasteiger partial charge in [-0.1, -0.05) is 18.2 Å². The van der Waals surface area contributed by atoms with Gasteiger partial charge in [-0.25, -0.2) is 0 Å². The predicted octanol–water partition coefficient (Wildman–Crippen LogP) is -0.136. The van der Waals surface area contributed by atoms with Crippen molar-refractivity contribution in [3.8, 4) is 0 Å². The van der Waals surface area contributed by atoms with E-state index in [0.29, 0.717) is 5.56 Å². The van der Waals surface area contributed by atoms with Gasteiger partial charge in [-0.2, -0.15) is 0 Å². The van der Waals surface area contributed by atoms with E-state index in [1.807, 2.05) is 10.9 Å². The maximum Gasteiger partial charge on any atom is 0.396 e. The first kappa shape index (κ1) is 12.1. The van der Waals surface area contributed by atoms with Crippen molar-refractivity contribution in [3.05, 3.63) is 46.0 Å². The summed E-state index contributed by atoms with van der Waals surface area (Å²) in [5.41, 5.74) is 4.28. The Kier molecular flexibility index (Phi) is 3.54. The molecule has 7 nitrogen and oxygen atoms in total. The van der Waals surface area contributed by atoms with Crippen LogP contribution in [0.3, 0.4) is 0 Å². The zero-order chi connectivity index (χ0) is 12.2. The minimum atomic E-state index is -2.40. The largest absolute Gasteiger partial charge is 0.396 e. The first-order valence-electron chi connectivity index (χ1n) is 4.43. The number of benzene rings is 1. The third-order valence-electron chi connectivity index (χ3n) is 1.80. The zero-order valence-corrected chi connectivity index (χ0v) is 8.51. The summed E-state index contributed by atoms with van der Waals surface area (Å²) in [6.45, 7) is 0.915. The van der Waals surface area contributed by atoms with Gasteiger partial charge in [-0.3, -0.25) is 20.3 Å². The van der Waals surface area contributed by atoms with E-state index >= 15 is 0 Å². The molecule has 0 saturated heterocycles.